The molecule has 0 amide bonds. The lowest BCUT2D eigenvalue weighted by atomic mass is 9.96. The molecule has 0 aromatic heterocycles. The number of hydrogen-bond acceptors (Lipinski definition) is 10. The van der Waals surface area contributed by atoms with Crippen LogP contribution < -0.4 is 37.9 Å². The SMILES string of the molecule is COc1cc(OC)cc(/C(=C/C#N)c2ccc3c(c2)OCCO3)c1.COc1cc(OC)cc(/C(=C\C#N)c2ccc3c(c2)OCCO3)c1. The molecular formula is C38H34N2O8. The first kappa shape index (κ1) is 33.1. The standard InChI is InChI=1S/2C19H17NO4/c2*1-21-15-9-14(10-16(12-15)22-2)17(5-6-20)13-3-4-18-19(11-13)24-8-7-23-18/h2*3-5,9-12H,7-8H2,1-2H3/b17-5+;17-5-. The van der Waals surface area contributed by atoms with Gasteiger partial charge >= 0.3 is 0 Å². The minimum absolute atomic E-state index is 0.515. The summed E-state index contributed by atoms with van der Waals surface area (Å²) < 4.78 is 43.6. The Morgan fingerprint density at radius 3 is 1.12 bits per heavy atom. The van der Waals surface area contributed by atoms with E-state index in [1.807, 2.05) is 60.7 Å². The Morgan fingerprint density at radius 2 is 0.812 bits per heavy atom. The molecule has 0 N–H and O–H groups in total. The molecule has 0 aliphatic carbocycles. The van der Waals surface area contributed by atoms with Gasteiger partial charge in [-0.15, -0.1) is 0 Å². The van der Waals surface area contributed by atoms with Crippen molar-refractivity contribution in [2.45, 2.75) is 0 Å². The molecule has 0 unspecified atom stereocenters. The van der Waals surface area contributed by atoms with Crippen LogP contribution in [0.5, 0.6) is 46.0 Å². The van der Waals surface area contributed by atoms with Crippen molar-refractivity contribution >= 4 is 11.1 Å². The van der Waals surface area contributed by atoms with Gasteiger partial charge in [-0.25, -0.2) is 0 Å². The molecule has 2 aliphatic rings. The van der Waals surface area contributed by atoms with E-state index in [4.69, 9.17) is 37.9 Å². The van der Waals surface area contributed by atoms with Crippen LogP contribution in [0.15, 0.2) is 84.9 Å². The summed E-state index contributed by atoms with van der Waals surface area (Å²) in [4.78, 5) is 0. The van der Waals surface area contributed by atoms with E-state index in [1.165, 1.54) is 12.2 Å². The zero-order chi connectivity index (χ0) is 33.9. The van der Waals surface area contributed by atoms with Crippen molar-refractivity contribution < 1.29 is 37.9 Å². The van der Waals surface area contributed by atoms with Crippen molar-refractivity contribution in [1.29, 1.82) is 10.5 Å². The van der Waals surface area contributed by atoms with E-state index in [0.717, 1.165) is 33.4 Å². The molecule has 0 spiro atoms. The first-order valence-corrected chi connectivity index (χ1v) is 15.0. The fourth-order valence-electron chi connectivity index (χ4n) is 5.14. The van der Waals surface area contributed by atoms with Gasteiger partial charge in [-0.05, 0) is 81.9 Å². The summed E-state index contributed by atoms with van der Waals surface area (Å²) in [5.41, 5.74) is 4.87. The van der Waals surface area contributed by atoms with Gasteiger partial charge in [-0.1, -0.05) is 12.1 Å². The van der Waals surface area contributed by atoms with E-state index in [0.29, 0.717) is 72.4 Å². The maximum absolute atomic E-state index is 9.21. The highest BCUT2D eigenvalue weighted by molar-refractivity contribution is 5.84. The molecule has 0 saturated carbocycles. The molecule has 244 valence electrons. The fraction of sp³-hybridized carbons (Fsp3) is 0.211. The summed E-state index contributed by atoms with van der Waals surface area (Å²) in [5, 5.41) is 18.4. The molecule has 0 fully saturated rings. The van der Waals surface area contributed by atoms with Crippen molar-refractivity contribution in [1.82, 2.24) is 0 Å². The molecule has 48 heavy (non-hydrogen) atoms. The summed E-state index contributed by atoms with van der Waals surface area (Å²) in [6.45, 7) is 2.11. The third-order valence-corrected chi connectivity index (χ3v) is 7.45. The van der Waals surface area contributed by atoms with Crippen LogP contribution >= 0.6 is 0 Å². The maximum Gasteiger partial charge on any atom is 0.161 e. The third-order valence-electron chi connectivity index (χ3n) is 7.45. The van der Waals surface area contributed by atoms with E-state index < -0.39 is 0 Å². The molecule has 0 saturated heterocycles. The Morgan fingerprint density at radius 1 is 0.479 bits per heavy atom. The molecule has 2 heterocycles. The minimum Gasteiger partial charge on any atom is -0.497 e. The van der Waals surface area contributed by atoms with Gasteiger partial charge in [0.25, 0.3) is 0 Å². The Labute approximate surface area is 279 Å². The average Bonchev–Trinajstić information content (AvgIpc) is 3.15. The first-order valence-electron chi connectivity index (χ1n) is 15.0. The van der Waals surface area contributed by atoms with Crippen molar-refractivity contribution in [3.8, 4) is 58.1 Å². The highest BCUT2D eigenvalue weighted by Crippen LogP contribution is 2.38. The van der Waals surface area contributed by atoms with Gasteiger partial charge in [0.05, 0.1) is 40.6 Å². The Bertz CT molecular complexity index is 1740. The lowest BCUT2D eigenvalue weighted by Gasteiger charge is -2.19. The number of ether oxygens (including phenoxy) is 8. The molecule has 4 aromatic rings. The molecule has 0 radical (unpaired) electrons. The molecule has 0 atom stereocenters. The maximum atomic E-state index is 9.21. The molecule has 6 rings (SSSR count). The number of nitrogens with zero attached hydrogens (tertiary/aromatic N) is 2. The van der Waals surface area contributed by atoms with Gasteiger partial charge in [-0.2, -0.15) is 10.5 Å². The summed E-state index contributed by atoms with van der Waals surface area (Å²) in [6, 6.07) is 26.5. The molecule has 10 heteroatoms. The zero-order valence-electron chi connectivity index (χ0n) is 27.1. The predicted molar refractivity (Wildman–Crippen MR) is 179 cm³/mol. The van der Waals surface area contributed by atoms with Crippen LogP contribution in [0.3, 0.4) is 0 Å². The topological polar surface area (TPSA) is 121 Å². The highest BCUT2D eigenvalue weighted by Gasteiger charge is 2.17. The summed E-state index contributed by atoms with van der Waals surface area (Å²) in [7, 11) is 6.37. The van der Waals surface area contributed by atoms with Crippen molar-refractivity contribution in [2.24, 2.45) is 0 Å². The predicted octanol–water partition coefficient (Wildman–Crippen LogP) is 6.86. The van der Waals surface area contributed by atoms with Gasteiger partial charge in [-0.3, -0.25) is 0 Å². The molecule has 4 aromatic carbocycles. The van der Waals surface area contributed by atoms with Crippen molar-refractivity contribution in [3.05, 3.63) is 107 Å². The normalized spacial score (nSPS) is 13.1. The molecular weight excluding hydrogens is 612 g/mol. The second kappa shape index (κ2) is 15.8. The quantitative estimate of drug-likeness (QED) is 0.188. The zero-order valence-corrected chi connectivity index (χ0v) is 27.1. The number of benzene rings is 4. The van der Waals surface area contributed by atoms with Gasteiger partial charge in [0.2, 0.25) is 0 Å². The van der Waals surface area contributed by atoms with Crippen LogP contribution in [0.2, 0.25) is 0 Å². The minimum atomic E-state index is 0.515. The Balaban J connectivity index is 0.000000188. The summed E-state index contributed by atoms with van der Waals surface area (Å²) in [5.74, 6) is 5.41. The van der Waals surface area contributed by atoms with E-state index in [1.54, 1.807) is 40.6 Å². The van der Waals surface area contributed by atoms with Crippen LogP contribution in [0.4, 0.5) is 0 Å². The van der Waals surface area contributed by atoms with Gasteiger partial charge in [0.1, 0.15) is 49.4 Å². The number of hydrogen-bond donors (Lipinski definition) is 0. The number of nitriles is 2. The van der Waals surface area contributed by atoms with E-state index in [-0.39, 0.29) is 0 Å². The Kier molecular flexibility index (Phi) is 10.9. The van der Waals surface area contributed by atoms with Crippen LogP contribution in [0, 0.1) is 22.7 Å². The highest BCUT2D eigenvalue weighted by atomic mass is 16.6. The lowest BCUT2D eigenvalue weighted by Crippen LogP contribution is -2.15. The number of rotatable bonds is 8. The van der Waals surface area contributed by atoms with E-state index in [9.17, 15) is 10.5 Å². The Hall–Kier alpha value is -6.26. The van der Waals surface area contributed by atoms with Gasteiger partial charge in [0.15, 0.2) is 23.0 Å². The second-order valence-corrected chi connectivity index (χ2v) is 10.3. The van der Waals surface area contributed by atoms with E-state index in [2.05, 4.69) is 12.1 Å². The van der Waals surface area contributed by atoms with Crippen LogP contribution in [-0.4, -0.2) is 54.9 Å². The van der Waals surface area contributed by atoms with Crippen molar-refractivity contribution in [2.75, 3.05) is 54.9 Å². The first-order chi connectivity index (χ1) is 23.5. The van der Waals surface area contributed by atoms with Gasteiger partial charge < -0.3 is 37.9 Å². The molecule has 0 bridgehead atoms. The largest absolute Gasteiger partial charge is 0.497 e. The summed E-state index contributed by atoms with van der Waals surface area (Å²) >= 11 is 0. The van der Waals surface area contributed by atoms with E-state index >= 15 is 0 Å². The fourth-order valence-corrected chi connectivity index (χ4v) is 5.14. The summed E-state index contributed by atoms with van der Waals surface area (Å²) in [6.07, 6.45) is 3.00. The van der Waals surface area contributed by atoms with Crippen LogP contribution in [0.25, 0.3) is 11.1 Å². The lowest BCUT2D eigenvalue weighted by molar-refractivity contribution is 0.171. The number of fused-ring (bicyclic) bond motifs is 2. The van der Waals surface area contributed by atoms with Crippen LogP contribution in [-0.2, 0) is 0 Å². The average molecular weight is 647 g/mol. The number of methoxy groups -OCH3 is 4. The third kappa shape index (κ3) is 7.75. The molecule has 2 aliphatic heterocycles. The van der Waals surface area contributed by atoms with Crippen LogP contribution in [0.1, 0.15) is 22.3 Å². The number of allylic oxidation sites excluding steroid dienone is 2. The van der Waals surface area contributed by atoms with Gasteiger partial charge in [0, 0.05) is 24.3 Å². The molecule has 10 nitrogen and oxygen atoms in total. The van der Waals surface area contributed by atoms with Crippen molar-refractivity contribution in [3.63, 3.8) is 0 Å². The second-order valence-electron chi connectivity index (χ2n) is 10.3. The smallest absolute Gasteiger partial charge is 0.161 e. The monoisotopic (exact) mass is 646 g/mol.